The first-order chi connectivity index (χ1) is 14.5. The molecule has 1 aromatic carbocycles. The van der Waals surface area contributed by atoms with E-state index in [1.807, 2.05) is 35.0 Å². The minimum atomic E-state index is -0.471. The molecule has 0 aliphatic carbocycles. The highest BCUT2D eigenvalue weighted by Gasteiger charge is 2.27. The van der Waals surface area contributed by atoms with Crippen LogP contribution in [0.4, 0.5) is 16.3 Å². The Labute approximate surface area is 175 Å². The van der Waals surface area contributed by atoms with E-state index in [9.17, 15) is 4.79 Å². The molecule has 2 atom stereocenters. The lowest BCUT2D eigenvalue weighted by Gasteiger charge is -2.37. The van der Waals surface area contributed by atoms with Crippen LogP contribution < -0.4 is 21.1 Å². The lowest BCUT2D eigenvalue weighted by atomic mass is 9.93. The maximum atomic E-state index is 11.3. The van der Waals surface area contributed by atoms with Crippen molar-refractivity contribution in [3.63, 3.8) is 0 Å². The van der Waals surface area contributed by atoms with E-state index in [2.05, 4.69) is 38.6 Å². The zero-order chi connectivity index (χ0) is 21.1. The zero-order valence-corrected chi connectivity index (χ0v) is 17.2. The van der Waals surface area contributed by atoms with Crippen molar-refractivity contribution in [2.45, 2.75) is 25.9 Å². The van der Waals surface area contributed by atoms with Gasteiger partial charge in [-0.15, -0.1) is 0 Å². The number of carbonyl (C=O) groups excluding carboxylic acids is 1. The number of nitrogens with zero attached hydrogens (tertiary/aromatic N) is 4. The molecule has 0 radical (unpaired) electrons. The molecule has 1 fully saturated rings. The minimum Gasteiger partial charge on any atom is -0.497 e. The second-order valence-corrected chi connectivity index (χ2v) is 7.72. The van der Waals surface area contributed by atoms with E-state index in [4.69, 9.17) is 10.5 Å². The largest absolute Gasteiger partial charge is 0.497 e. The summed E-state index contributed by atoms with van der Waals surface area (Å²) in [4.78, 5) is 18.1. The van der Waals surface area contributed by atoms with E-state index < -0.39 is 6.03 Å². The summed E-state index contributed by atoms with van der Waals surface area (Å²) >= 11 is 0. The van der Waals surface area contributed by atoms with Gasteiger partial charge in [-0.25, -0.2) is 14.3 Å². The Morgan fingerprint density at radius 2 is 2.23 bits per heavy atom. The zero-order valence-electron chi connectivity index (χ0n) is 17.2. The van der Waals surface area contributed by atoms with Crippen molar-refractivity contribution in [2.75, 3.05) is 25.5 Å². The molecule has 1 aliphatic rings. The Morgan fingerprint density at radius 3 is 3.03 bits per heavy atom. The van der Waals surface area contributed by atoms with Gasteiger partial charge in [0.2, 0.25) is 0 Å². The molecule has 2 amide bonds. The maximum Gasteiger partial charge on any atom is 0.312 e. The number of nitrogens with one attached hydrogen (secondary N) is 2. The summed E-state index contributed by atoms with van der Waals surface area (Å²) in [5, 5.41) is 10.6. The molecule has 2 aromatic heterocycles. The summed E-state index contributed by atoms with van der Waals surface area (Å²) in [7, 11) is 1.65. The molecule has 158 valence electrons. The van der Waals surface area contributed by atoms with Gasteiger partial charge in [-0.3, -0.25) is 4.90 Å². The fourth-order valence-electron chi connectivity index (χ4n) is 3.97. The number of ether oxygens (including phenoxy) is 1. The first kappa shape index (κ1) is 20.0. The molecule has 0 bridgehead atoms. The Bertz CT molecular complexity index is 1040. The van der Waals surface area contributed by atoms with E-state index in [1.54, 1.807) is 7.11 Å². The molecule has 30 heavy (non-hydrogen) atoms. The van der Waals surface area contributed by atoms with Gasteiger partial charge in [-0.2, -0.15) is 5.10 Å². The van der Waals surface area contributed by atoms with Gasteiger partial charge in [0, 0.05) is 37.1 Å². The maximum absolute atomic E-state index is 11.3. The summed E-state index contributed by atoms with van der Waals surface area (Å²) in [6, 6.07) is 9.37. The summed E-state index contributed by atoms with van der Waals surface area (Å²) in [6.45, 7) is 4.60. The van der Waals surface area contributed by atoms with Crippen molar-refractivity contribution in [2.24, 2.45) is 11.7 Å². The average Bonchev–Trinajstić information content (AvgIpc) is 3.14. The SMILES string of the molecule is COc1cccc(Nc2ncnn3ccc(CN4CC[C@@H](C)[C@H](NC(N)=O)C4)c23)c1. The number of urea groups is 1. The van der Waals surface area contributed by atoms with Crippen molar-refractivity contribution >= 4 is 23.1 Å². The van der Waals surface area contributed by atoms with Crippen LogP contribution in [-0.4, -0.2) is 51.8 Å². The number of likely N-dealkylation sites (tertiary alicyclic amines) is 1. The van der Waals surface area contributed by atoms with Gasteiger partial charge in [0.25, 0.3) is 0 Å². The average molecular weight is 409 g/mol. The Morgan fingerprint density at radius 1 is 1.37 bits per heavy atom. The van der Waals surface area contributed by atoms with Gasteiger partial charge in [-0.1, -0.05) is 13.0 Å². The van der Waals surface area contributed by atoms with Gasteiger partial charge in [0.1, 0.15) is 17.6 Å². The quantitative estimate of drug-likeness (QED) is 0.577. The Kier molecular flexibility index (Phi) is 5.71. The Balaban J connectivity index is 1.57. The highest BCUT2D eigenvalue weighted by Crippen LogP contribution is 2.27. The highest BCUT2D eigenvalue weighted by atomic mass is 16.5. The molecule has 0 spiro atoms. The molecule has 4 N–H and O–H groups in total. The molecule has 4 rings (SSSR count). The van der Waals surface area contributed by atoms with Crippen molar-refractivity contribution in [1.29, 1.82) is 0 Å². The predicted octanol–water partition coefficient (Wildman–Crippen LogP) is 2.36. The number of carbonyl (C=O) groups is 1. The molecule has 3 aromatic rings. The lowest BCUT2D eigenvalue weighted by Crippen LogP contribution is -2.52. The number of anilines is 2. The van der Waals surface area contributed by atoms with Crippen LogP contribution in [0.2, 0.25) is 0 Å². The molecular weight excluding hydrogens is 382 g/mol. The molecule has 0 unspecified atom stereocenters. The van der Waals surface area contributed by atoms with E-state index in [0.29, 0.717) is 5.92 Å². The van der Waals surface area contributed by atoms with Crippen LogP contribution in [0, 0.1) is 5.92 Å². The van der Waals surface area contributed by atoms with Gasteiger partial charge < -0.3 is 21.1 Å². The number of hydrogen-bond donors (Lipinski definition) is 3. The topological polar surface area (TPSA) is 110 Å². The Hall–Kier alpha value is -3.33. The molecular formula is C21H27N7O2. The van der Waals surface area contributed by atoms with Crippen LogP contribution in [0.3, 0.4) is 0 Å². The van der Waals surface area contributed by atoms with Crippen molar-refractivity contribution in [1.82, 2.24) is 24.8 Å². The number of rotatable bonds is 6. The van der Waals surface area contributed by atoms with Crippen LogP contribution in [0.1, 0.15) is 18.9 Å². The normalized spacial score (nSPS) is 19.5. The number of amides is 2. The van der Waals surface area contributed by atoms with Crippen LogP contribution in [0.5, 0.6) is 5.75 Å². The second kappa shape index (κ2) is 8.58. The molecule has 9 heteroatoms. The summed E-state index contributed by atoms with van der Waals surface area (Å²) in [5.41, 5.74) is 8.29. The number of nitrogens with two attached hydrogens (primary N) is 1. The van der Waals surface area contributed by atoms with Gasteiger partial charge >= 0.3 is 6.03 Å². The minimum absolute atomic E-state index is 0.0516. The number of benzene rings is 1. The van der Waals surface area contributed by atoms with Gasteiger partial charge in [-0.05, 0) is 42.6 Å². The lowest BCUT2D eigenvalue weighted by molar-refractivity contribution is 0.145. The second-order valence-electron chi connectivity index (χ2n) is 7.72. The number of primary amides is 1. The molecule has 0 saturated carbocycles. The van der Waals surface area contributed by atoms with E-state index in [1.165, 1.54) is 6.33 Å². The first-order valence-corrected chi connectivity index (χ1v) is 10.0. The number of fused-ring (bicyclic) bond motifs is 1. The fourth-order valence-corrected chi connectivity index (χ4v) is 3.97. The first-order valence-electron chi connectivity index (χ1n) is 10.0. The van der Waals surface area contributed by atoms with Crippen molar-refractivity contribution in [3.8, 4) is 5.75 Å². The summed E-state index contributed by atoms with van der Waals surface area (Å²) in [5.74, 6) is 1.90. The van der Waals surface area contributed by atoms with Crippen molar-refractivity contribution < 1.29 is 9.53 Å². The van der Waals surface area contributed by atoms with Crippen LogP contribution in [0.15, 0.2) is 42.9 Å². The highest BCUT2D eigenvalue weighted by molar-refractivity contribution is 5.76. The molecule has 1 aliphatic heterocycles. The van der Waals surface area contributed by atoms with Crippen LogP contribution in [0.25, 0.3) is 5.52 Å². The third-order valence-corrected chi connectivity index (χ3v) is 5.63. The number of hydrogen-bond acceptors (Lipinski definition) is 6. The standard InChI is InChI=1S/C21H27N7O2/c1-14-6-8-27(12-18(14)26-21(22)29)11-15-7-9-28-19(15)20(23-13-24-28)25-16-4-3-5-17(10-16)30-2/h3-5,7,9-10,13-14,18H,6,8,11-12H2,1-2H3,(H3,22,26,29)(H,23,24,25)/t14-,18-/m1/s1. The number of piperidine rings is 1. The number of aromatic nitrogens is 3. The molecule has 9 nitrogen and oxygen atoms in total. The van der Waals surface area contributed by atoms with E-state index in [0.717, 1.165) is 54.4 Å². The fraction of sp³-hybridized carbons (Fsp3) is 0.381. The van der Waals surface area contributed by atoms with Crippen LogP contribution >= 0.6 is 0 Å². The predicted molar refractivity (Wildman–Crippen MR) is 115 cm³/mol. The van der Waals surface area contributed by atoms with E-state index in [-0.39, 0.29) is 6.04 Å². The number of methoxy groups -OCH3 is 1. The molecule has 1 saturated heterocycles. The van der Waals surface area contributed by atoms with E-state index >= 15 is 0 Å². The van der Waals surface area contributed by atoms with Gasteiger partial charge in [0.05, 0.1) is 7.11 Å². The monoisotopic (exact) mass is 409 g/mol. The van der Waals surface area contributed by atoms with Gasteiger partial charge in [0.15, 0.2) is 5.82 Å². The van der Waals surface area contributed by atoms with Crippen molar-refractivity contribution in [3.05, 3.63) is 48.4 Å². The third kappa shape index (κ3) is 4.30. The summed E-state index contributed by atoms with van der Waals surface area (Å²) < 4.78 is 7.14. The molecule has 3 heterocycles. The van der Waals surface area contributed by atoms with Crippen LogP contribution in [-0.2, 0) is 6.54 Å². The summed E-state index contributed by atoms with van der Waals surface area (Å²) in [6.07, 6.45) is 4.48. The smallest absolute Gasteiger partial charge is 0.312 e. The third-order valence-electron chi connectivity index (χ3n) is 5.63.